The van der Waals surface area contributed by atoms with Crippen molar-refractivity contribution < 1.29 is 17.3 Å². The highest BCUT2D eigenvalue weighted by Crippen LogP contribution is 2.31. The van der Waals surface area contributed by atoms with Crippen LogP contribution >= 0.6 is 11.6 Å². The van der Waals surface area contributed by atoms with E-state index >= 15 is 0 Å². The maximum Gasteiger partial charge on any atom is 0.339 e. The first-order chi connectivity index (χ1) is 10.5. The van der Waals surface area contributed by atoms with Crippen molar-refractivity contribution in [3.8, 4) is 11.5 Å². The molecule has 0 saturated carbocycles. The van der Waals surface area contributed by atoms with Gasteiger partial charge in [-0.3, -0.25) is 0 Å². The molecule has 2 rings (SSSR count). The molecule has 0 aromatic heterocycles. The second-order valence-corrected chi connectivity index (χ2v) is 6.38. The highest BCUT2D eigenvalue weighted by Gasteiger charge is 2.19. The smallest absolute Gasteiger partial charge is 0.339 e. The number of rotatable bonds is 5. The molecule has 0 aliphatic rings. The van der Waals surface area contributed by atoms with Gasteiger partial charge in [0.2, 0.25) is 0 Å². The molecule has 0 saturated heterocycles. The van der Waals surface area contributed by atoms with E-state index < -0.39 is 10.1 Å². The zero-order valence-electron chi connectivity index (χ0n) is 12.1. The minimum absolute atomic E-state index is 0.0245. The van der Waals surface area contributed by atoms with E-state index in [4.69, 9.17) is 20.5 Å². The Hall–Kier alpha value is -1.98. The van der Waals surface area contributed by atoms with Crippen molar-refractivity contribution in [2.75, 3.05) is 7.11 Å². The van der Waals surface area contributed by atoms with Crippen LogP contribution in [-0.2, 0) is 10.1 Å². The molecule has 0 N–H and O–H groups in total. The zero-order valence-corrected chi connectivity index (χ0v) is 13.7. The number of hydrogen-bond donors (Lipinski definition) is 0. The summed E-state index contributed by atoms with van der Waals surface area (Å²) in [5.41, 5.74) is 0.885. The van der Waals surface area contributed by atoms with E-state index in [1.165, 1.54) is 31.4 Å². The fraction of sp³-hybridized carbons (Fsp3) is 0.125. The lowest BCUT2D eigenvalue weighted by Gasteiger charge is -2.11. The van der Waals surface area contributed by atoms with Crippen LogP contribution in [0.2, 0.25) is 5.02 Å². The number of halogens is 1. The van der Waals surface area contributed by atoms with Crippen LogP contribution in [0.5, 0.6) is 11.5 Å². The van der Waals surface area contributed by atoms with Crippen LogP contribution in [0, 0.1) is 0 Å². The Labute approximate surface area is 135 Å². The molecule has 22 heavy (non-hydrogen) atoms. The van der Waals surface area contributed by atoms with Gasteiger partial charge >= 0.3 is 10.1 Å². The lowest BCUT2D eigenvalue weighted by atomic mass is 10.2. The third kappa shape index (κ3) is 3.81. The van der Waals surface area contributed by atoms with Crippen LogP contribution in [0.25, 0.3) is 6.08 Å². The summed E-state index contributed by atoms with van der Waals surface area (Å²) in [7, 11) is -2.49. The monoisotopic (exact) mass is 338 g/mol. The lowest BCUT2D eigenvalue weighted by Crippen LogP contribution is -2.10. The number of methoxy groups -OCH3 is 1. The minimum atomic E-state index is -3.94. The molecule has 0 radical (unpaired) electrons. The van der Waals surface area contributed by atoms with Crippen LogP contribution in [0.4, 0.5) is 0 Å². The average Bonchev–Trinajstić information content (AvgIpc) is 2.49. The summed E-state index contributed by atoms with van der Waals surface area (Å²) in [6, 6.07) is 10.8. The maximum atomic E-state index is 12.3. The van der Waals surface area contributed by atoms with E-state index in [2.05, 4.69) is 0 Å². The second-order valence-electron chi connectivity index (χ2n) is 4.40. The first kappa shape index (κ1) is 16.4. The molecule has 116 valence electrons. The molecule has 0 fully saturated rings. The van der Waals surface area contributed by atoms with Gasteiger partial charge in [0.25, 0.3) is 0 Å². The van der Waals surface area contributed by atoms with Crippen molar-refractivity contribution >= 4 is 27.8 Å². The van der Waals surface area contributed by atoms with Gasteiger partial charge in [-0.25, -0.2) is 0 Å². The molecule has 0 atom stereocenters. The summed E-state index contributed by atoms with van der Waals surface area (Å²) in [4.78, 5) is 0.0245. The summed E-state index contributed by atoms with van der Waals surface area (Å²) in [6.45, 7) is 1.89. The molecule has 0 aliphatic heterocycles. The van der Waals surface area contributed by atoms with E-state index in [1.807, 2.05) is 19.1 Å². The molecule has 0 amide bonds. The molecular formula is C16H15ClO4S. The molecule has 0 aliphatic carbocycles. The topological polar surface area (TPSA) is 52.6 Å². The number of ether oxygens (including phenoxy) is 1. The maximum absolute atomic E-state index is 12.3. The molecule has 6 heteroatoms. The van der Waals surface area contributed by atoms with Gasteiger partial charge in [0.15, 0.2) is 11.5 Å². The Morgan fingerprint density at radius 3 is 2.32 bits per heavy atom. The fourth-order valence-electron chi connectivity index (χ4n) is 1.82. The fourth-order valence-corrected chi connectivity index (χ4v) is 2.88. The van der Waals surface area contributed by atoms with Gasteiger partial charge in [-0.1, -0.05) is 29.8 Å². The van der Waals surface area contributed by atoms with Gasteiger partial charge in [0.05, 0.1) is 7.11 Å². The molecular weight excluding hydrogens is 324 g/mol. The van der Waals surface area contributed by atoms with Crippen molar-refractivity contribution in [2.45, 2.75) is 11.8 Å². The summed E-state index contributed by atoms with van der Waals surface area (Å²) in [6.07, 6.45) is 3.75. The molecule has 4 nitrogen and oxygen atoms in total. The highest BCUT2D eigenvalue weighted by molar-refractivity contribution is 7.87. The van der Waals surface area contributed by atoms with Gasteiger partial charge in [0.1, 0.15) is 4.90 Å². The Bertz CT molecular complexity index is 780. The van der Waals surface area contributed by atoms with Crippen LogP contribution in [0.15, 0.2) is 53.4 Å². The number of allylic oxidation sites excluding steroid dienone is 1. The third-order valence-corrected chi connectivity index (χ3v) is 4.35. The Balaban J connectivity index is 2.35. The van der Waals surface area contributed by atoms with E-state index in [9.17, 15) is 8.42 Å². The van der Waals surface area contributed by atoms with Crippen molar-refractivity contribution in [2.24, 2.45) is 0 Å². The van der Waals surface area contributed by atoms with E-state index in [0.717, 1.165) is 5.56 Å². The van der Waals surface area contributed by atoms with Crippen LogP contribution in [0.3, 0.4) is 0 Å². The summed E-state index contributed by atoms with van der Waals surface area (Å²) < 4.78 is 34.9. The van der Waals surface area contributed by atoms with Crippen molar-refractivity contribution in [1.29, 1.82) is 0 Å². The van der Waals surface area contributed by atoms with Crippen LogP contribution < -0.4 is 8.92 Å². The Morgan fingerprint density at radius 2 is 1.73 bits per heavy atom. The molecule has 0 bridgehead atoms. The molecule has 0 spiro atoms. The van der Waals surface area contributed by atoms with E-state index in [1.54, 1.807) is 18.2 Å². The minimum Gasteiger partial charge on any atom is -0.493 e. The third-order valence-electron chi connectivity index (χ3n) is 2.85. The number of hydrogen-bond acceptors (Lipinski definition) is 4. The Kier molecular flexibility index (Phi) is 5.11. The van der Waals surface area contributed by atoms with Gasteiger partial charge in [-0.15, -0.1) is 0 Å². The predicted molar refractivity (Wildman–Crippen MR) is 87.0 cm³/mol. The number of benzene rings is 2. The summed E-state index contributed by atoms with van der Waals surface area (Å²) in [5.74, 6) is 0.471. The summed E-state index contributed by atoms with van der Waals surface area (Å²) >= 11 is 5.75. The highest BCUT2D eigenvalue weighted by atomic mass is 35.5. The first-order valence-corrected chi connectivity index (χ1v) is 8.25. The van der Waals surface area contributed by atoms with Gasteiger partial charge in [-0.2, -0.15) is 8.42 Å². The molecule has 0 heterocycles. The normalized spacial score (nSPS) is 11.6. The van der Waals surface area contributed by atoms with E-state index in [0.29, 0.717) is 10.8 Å². The standard InChI is InChI=1S/C16H15ClO4S/c1-3-4-12-5-10-15(16(11-12)20-2)21-22(18,19)14-8-6-13(17)7-9-14/h3-11H,1-2H3/b4-3+. The second kappa shape index (κ2) is 6.85. The van der Waals surface area contributed by atoms with Gasteiger partial charge < -0.3 is 8.92 Å². The van der Waals surface area contributed by atoms with Crippen molar-refractivity contribution in [3.05, 3.63) is 59.1 Å². The van der Waals surface area contributed by atoms with Crippen LogP contribution in [0.1, 0.15) is 12.5 Å². The quantitative estimate of drug-likeness (QED) is 0.768. The SMILES string of the molecule is C/C=C/c1ccc(OS(=O)(=O)c2ccc(Cl)cc2)c(OC)c1. The van der Waals surface area contributed by atoms with Crippen LogP contribution in [-0.4, -0.2) is 15.5 Å². The van der Waals surface area contributed by atoms with Crippen molar-refractivity contribution in [1.82, 2.24) is 0 Å². The average molecular weight is 339 g/mol. The van der Waals surface area contributed by atoms with Gasteiger partial charge in [-0.05, 0) is 48.9 Å². The first-order valence-electron chi connectivity index (χ1n) is 6.47. The molecule has 0 unspecified atom stereocenters. The Morgan fingerprint density at radius 1 is 1.05 bits per heavy atom. The predicted octanol–water partition coefficient (Wildman–Crippen LogP) is 4.15. The van der Waals surface area contributed by atoms with Crippen molar-refractivity contribution in [3.63, 3.8) is 0 Å². The zero-order chi connectivity index (χ0) is 16.2. The lowest BCUT2D eigenvalue weighted by molar-refractivity contribution is 0.390. The summed E-state index contributed by atoms with van der Waals surface area (Å²) in [5, 5.41) is 0.451. The molecule has 2 aromatic carbocycles. The molecule has 2 aromatic rings. The van der Waals surface area contributed by atoms with Gasteiger partial charge in [0, 0.05) is 5.02 Å². The largest absolute Gasteiger partial charge is 0.493 e. The van der Waals surface area contributed by atoms with E-state index in [-0.39, 0.29) is 10.6 Å².